The van der Waals surface area contributed by atoms with E-state index in [-0.39, 0.29) is 0 Å². The number of hydrogen-bond acceptors (Lipinski definition) is 2. The number of primary amides is 1. The number of nitrogens with two attached hydrogens (primary N) is 2. The van der Waals surface area contributed by atoms with Crippen LogP contribution in [-0.4, -0.2) is 5.91 Å². The molecule has 3 nitrogen and oxygen atoms in total. The van der Waals surface area contributed by atoms with Crippen LogP contribution < -0.4 is 11.5 Å². The maximum Gasteiger partial charge on any atom is 0.243 e. The first-order valence-corrected chi connectivity index (χ1v) is 4.98. The zero-order valence-electron chi connectivity index (χ0n) is 8.65. The number of hydrogen-bond donors (Lipinski definition) is 2. The van der Waals surface area contributed by atoms with Crippen molar-refractivity contribution in [2.24, 2.45) is 11.5 Å². The lowest BCUT2D eigenvalue weighted by atomic mass is 10.1. The van der Waals surface area contributed by atoms with Gasteiger partial charge in [0.15, 0.2) is 0 Å². The summed E-state index contributed by atoms with van der Waals surface area (Å²) in [6.07, 6.45) is 3.89. The van der Waals surface area contributed by atoms with E-state index in [1.165, 1.54) is 11.6 Å². The minimum absolute atomic E-state index is 0.479. The third kappa shape index (κ3) is 4.86. The quantitative estimate of drug-likeness (QED) is 0.710. The van der Waals surface area contributed by atoms with E-state index >= 15 is 0 Å². The summed E-state index contributed by atoms with van der Waals surface area (Å²) < 4.78 is 0. The summed E-state index contributed by atoms with van der Waals surface area (Å²) in [6.45, 7) is 0. The van der Waals surface area contributed by atoms with Crippen molar-refractivity contribution < 1.29 is 4.79 Å². The molecule has 0 saturated carbocycles. The van der Waals surface area contributed by atoms with Crippen molar-refractivity contribution in [3.8, 4) is 0 Å². The fourth-order valence-corrected chi connectivity index (χ4v) is 1.40. The Hall–Kier alpha value is -1.77. The molecular formula is C12H16N2O. The van der Waals surface area contributed by atoms with Crippen LogP contribution in [0.15, 0.2) is 42.1 Å². The second kappa shape index (κ2) is 5.86. The maximum absolute atomic E-state index is 10.5. The number of benzene rings is 1. The number of amides is 1. The minimum atomic E-state index is -0.479. The van der Waals surface area contributed by atoms with Crippen LogP contribution in [0.25, 0.3) is 0 Å². The fraction of sp³-hybridized carbons (Fsp3) is 0.250. The van der Waals surface area contributed by atoms with Gasteiger partial charge in [0.05, 0.1) is 0 Å². The van der Waals surface area contributed by atoms with E-state index in [1.54, 1.807) is 0 Å². The smallest absolute Gasteiger partial charge is 0.243 e. The molecule has 0 aliphatic carbocycles. The second-order valence-electron chi connectivity index (χ2n) is 3.46. The first kappa shape index (κ1) is 11.3. The molecule has 3 heteroatoms. The van der Waals surface area contributed by atoms with Crippen LogP contribution >= 0.6 is 0 Å². The molecule has 0 aliphatic heterocycles. The Morgan fingerprint density at radius 1 is 1.20 bits per heavy atom. The van der Waals surface area contributed by atoms with Gasteiger partial charge in [-0.2, -0.15) is 0 Å². The molecule has 0 bridgehead atoms. The molecule has 1 aromatic carbocycles. The Bertz CT molecular complexity index is 344. The lowest BCUT2D eigenvalue weighted by Crippen LogP contribution is -2.10. The van der Waals surface area contributed by atoms with Crippen molar-refractivity contribution in [2.45, 2.75) is 19.3 Å². The van der Waals surface area contributed by atoms with Gasteiger partial charge in [0.1, 0.15) is 0 Å². The molecule has 4 N–H and O–H groups in total. The molecule has 1 rings (SSSR count). The number of carbonyl (C=O) groups excluding carboxylic acids is 1. The molecule has 0 fully saturated rings. The first-order valence-electron chi connectivity index (χ1n) is 4.98. The molecule has 0 aromatic heterocycles. The summed E-state index contributed by atoms with van der Waals surface area (Å²) >= 11 is 0. The number of aryl methyl sites for hydroxylation is 1. The van der Waals surface area contributed by atoms with Crippen molar-refractivity contribution in [1.29, 1.82) is 0 Å². The monoisotopic (exact) mass is 204 g/mol. The average Bonchev–Trinajstić information content (AvgIpc) is 2.18. The first-order chi connectivity index (χ1) is 7.18. The maximum atomic E-state index is 10.5. The summed E-state index contributed by atoms with van der Waals surface area (Å²) in [4.78, 5) is 10.5. The molecule has 1 aromatic rings. The van der Waals surface area contributed by atoms with Gasteiger partial charge in [-0.3, -0.25) is 4.79 Å². The third-order valence-electron chi connectivity index (χ3n) is 2.10. The van der Waals surface area contributed by atoms with Crippen LogP contribution in [0.3, 0.4) is 0 Å². The van der Waals surface area contributed by atoms with E-state index in [1.807, 2.05) is 18.2 Å². The van der Waals surface area contributed by atoms with Gasteiger partial charge < -0.3 is 11.5 Å². The molecule has 0 unspecified atom stereocenters. The summed E-state index contributed by atoms with van der Waals surface area (Å²) in [7, 11) is 0. The summed E-state index contributed by atoms with van der Waals surface area (Å²) in [6, 6.07) is 10.2. The van der Waals surface area contributed by atoms with Crippen molar-refractivity contribution in [2.75, 3.05) is 0 Å². The molecule has 80 valence electrons. The molecule has 0 saturated heterocycles. The van der Waals surface area contributed by atoms with Gasteiger partial charge in [-0.1, -0.05) is 30.3 Å². The fourth-order valence-electron chi connectivity index (χ4n) is 1.40. The predicted molar refractivity (Wildman–Crippen MR) is 60.8 cm³/mol. The third-order valence-corrected chi connectivity index (χ3v) is 2.10. The van der Waals surface area contributed by atoms with Gasteiger partial charge in [-0.25, -0.2) is 0 Å². The number of carbonyl (C=O) groups is 1. The van der Waals surface area contributed by atoms with Crippen LogP contribution in [0.1, 0.15) is 18.4 Å². The van der Waals surface area contributed by atoms with Gasteiger partial charge in [0.25, 0.3) is 0 Å². The van der Waals surface area contributed by atoms with Gasteiger partial charge >= 0.3 is 0 Å². The number of allylic oxidation sites excluding steroid dienone is 1. The molecular weight excluding hydrogens is 188 g/mol. The molecule has 0 atom stereocenters. The van der Waals surface area contributed by atoms with E-state index < -0.39 is 5.91 Å². The van der Waals surface area contributed by atoms with E-state index in [0.29, 0.717) is 12.1 Å². The Balaban J connectivity index is 2.31. The molecule has 1 amide bonds. The highest BCUT2D eigenvalue weighted by atomic mass is 16.1. The Morgan fingerprint density at radius 3 is 2.47 bits per heavy atom. The summed E-state index contributed by atoms with van der Waals surface area (Å²) in [5, 5.41) is 0. The van der Waals surface area contributed by atoms with Crippen LogP contribution in [0.2, 0.25) is 0 Å². The van der Waals surface area contributed by atoms with Gasteiger partial charge in [-0.15, -0.1) is 0 Å². The SMILES string of the molecule is NC(=O)/C=C(\N)CCCc1ccccc1. The van der Waals surface area contributed by atoms with Crippen LogP contribution in [0.5, 0.6) is 0 Å². The van der Waals surface area contributed by atoms with E-state index in [0.717, 1.165) is 12.8 Å². The Labute approximate surface area is 89.8 Å². The average molecular weight is 204 g/mol. The molecule has 0 radical (unpaired) electrons. The molecule has 0 aliphatic rings. The Morgan fingerprint density at radius 2 is 1.87 bits per heavy atom. The summed E-state index contributed by atoms with van der Waals surface area (Å²) in [5.74, 6) is -0.479. The van der Waals surface area contributed by atoms with Crippen LogP contribution in [-0.2, 0) is 11.2 Å². The van der Waals surface area contributed by atoms with Crippen LogP contribution in [0.4, 0.5) is 0 Å². The lowest BCUT2D eigenvalue weighted by molar-refractivity contribution is -0.113. The zero-order valence-corrected chi connectivity index (χ0v) is 8.65. The van der Waals surface area contributed by atoms with Crippen molar-refractivity contribution >= 4 is 5.91 Å². The largest absolute Gasteiger partial charge is 0.402 e. The molecule has 15 heavy (non-hydrogen) atoms. The van der Waals surface area contributed by atoms with Gasteiger partial charge in [0, 0.05) is 11.8 Å². The standard InChI is InChI=1S/C12H16N2O/c13-11(9-12(14)15)8-4-7-10-5-2-1-3-6-10/h1-3,5-6,9H,4,7-8,13H2,(H2,14,15)/b11-9-. The minimum Gasteiger partial charge on any atom is -0.402 e. The lowest BCUT2D eigenvalue weighted by Gasteiger charge is -2.01. The number of rotatable bonds is 5. The van der Waals surface area contributed by atoms with Crippen molar-refractivity contribution in [3.05, 3.63) is 47.7 Å². The van der Waals surface area contributed by atoms with Crippen molar-refractivity contribution in [1.82, 2.24) is 0 Å². The Kier molecular flexibility index (Phi) is 4.41. The van der Waals surface area contributed by atoms with E-state index in [2.05, 4.69) is 12.1 Å². The zero-order chi connectivity index (χ0) is 11.1. The highest BCUT2D eigenvalue weighted by Gasteiger charge is 1.95. The topological polar surface area (TPSA) is 69.1 Å². The van der Waals surface area contributed by atoms with E-state index in [4.69, 9.17) is 11.5 Å². The predicted octanol–water partition coefficient (Wildman–Crippen LogP) is 1.34. The normalized spacial score (nSPS) is 11.3. The summed E-state index contributed by atoms with van der Waals surface area (Å²) in [5.41, 5.74) is 12.4. The van der Waals surface area contributed by atoms with Gasteiger partial charge in [-0.05, 0) is 24.8 Å². The van der Waals surface area contributed by atoms with E-state index in [9.17, 15) is 4.79 Å². The molecule has 0 heterocycles. The highest BCUT2D eigenvalue weighted by Crippen LogP contribution is 2.06. The second-order valence-corrected chi connectivity index (χ2v) is 3.46. The van der Waals surface area contributed by atoms with Gasteiger partial charge in [0.2, 0.25) is 5.91 Å². The highest BCUT2D eigenvalue weighted by molar-refractivity contribution is 5.86. The molecule has 0 spiro atoms. The van der Waals surface area contributed by atoms with Crippen molar-refractivity contribution in [3.63, 3.8) is 0 Å². The van der Waals surface area contributed by atoms with Crippen LogP contribution in [0, 0.1) is 0 Å².